The Morgan fingerprint density at radius 1 is 0.373 bits per heavy atom. The molecule has 0 saturated heterocycles. The fourth-order valence-corrected chi connectivity index (χ4v) is 10.6. The van der Waals surface area contributed by atoms with E-state index in [1.54, 1.807) is 0 Å². The maximum Gasteiger partial charge on any atom is 0.0541 e. The van der Waals surface area contributed by atoms with Crippen LogP contribution >= 0.6 is 11.3 Å². The van der Waals surface area contributed by atoms with Crippen molar-refractivity contribution in [3.63, 3.8) is 0 Å². The molecule has 0 saturated carbocycles. The Hall–Kier alpha value is -6.94. The molecule has 0 aliphatic heterocycles. The number of para-hydroxylation sites is 2. The zero-order valence-electron chi connectivity index (χ0n) is 32.8. The number of aryl methyl sites for hydroxylation is 1. The van der Waals surface area contributed by atoms with Crippen LogP contribution in [0.4, 0.5) is 0 Å². The first-order valence-electron chi connectivity index (χ1n) is 20.8. The summed E-state index contributed by atoms with van der Waals surface area (Å²) in [6, 6.07) is 70.3. The molecule has 0 aliphatic rings. The molecule has 59 heavy (non-hydrogen) atoms. The van der Waals surface area contributed by atoms with Crippen molar-refractivity contribution in [2.45, 2.75) is 26.2 Å². The average molecular weight is 773 g/mol. The highest BCUT2D eigenvalue weighted by Crippen LogP contribution is 2.41. The molecule has 0 atom stereocenters. The van der Waals surface area contributed by atoms with Crippen LogP contribution in [0, 0.1) is 0 Å². The van der Waals surface area contributed by atoms with E-state index in [9.17, 15) is 0 Å². The van der Waals surface area contributed by atoms with E-state index >= 15 is 0 Å². The van der Waals surface area contributed by atoms with Gasteiger partial charge in [0.2, 0.25) is 0 Å². The highest BCUT2D eigenvalue weighted by atomic mass is 32.1. The number of aromatic nitrogens is 2. The maximum absolute atomic E-state index is 2.45. The van der Waals surface area contributed by atoms with E-state index < -0.39 is 0 Å². The standard InChI is InChI=1S/C56H40N2S/c1-2-3-11-36-18-19-39-31-43(24-20-38(39)30-36)57-51-16-9-7-14-45(51)47-32-41(21-26-53(47)57)42-22-27-54-48(33-42)46-15-8-10-17-52(46)58(54)44-25-29-56-50(35-44)49-34-40(23-28-55(49)59-56)37-12-5-4-6-13-37/h4-10,12-35H,2-3,11H2,1H3. The highest BCUT2D eigenvalue weighted by Gasteiger charge is 2.17. The number of nitrogens with zero attached hydrogens (tertiary/aromatic N) is 2. The smallest absolute Gasteiger partial charge is 0.0541 e. The van der Waals surface area contributed by atoms with Gasteiger partial charge in [0.05, 0.1) is 22.1 Å². The number of unbranched alkanes of at least 4 members (excludes halogenated alkanes) is 1. The first-order chi connectivity index (χ1) is 29.2. The van der Waals surface area contributed by atoms with Gasteiger partial charge in [0.25, 0.3) is 0 Å². The maximum atomic E-state index is 2.45. The van der Waals surface area contributed by atoms with Gasteiger partial charge in [0, 0.05) is 53.1 Å². The van der Waals surface area contributed by atoms with Crippen molar-refractivity contribution in [1.82, 2.24) is 9.13 Å². The van der Waals surface area contributed by atoms with Crippen LogP contribution in [0.3, 0.4) is 0 Å². The van der Waals surface area contributed by atoms with E-state index in [1.807, 2.05) is 11.3 Å². The number of benzene rings is 9. The molecule has 3 heteroatoms. The second kappa shape index (κ2) is 13.6. The minimum absolute atomic E-state index is 1.14. The van der Waals surface area contributed by atoms with Crippen LogP contribution in [0.1, 0.15) is 25.3 Å². The molecule has 0 radical (unpaired) electrons. The Balaban J connectivity index is 0.973. The molecule has 0 unspecified atom stereocenters. The molecule has 3 heterocycles. The van der Waals surface area contributed by atoms with Crippen molar-refractivity contribution in [1.29, 1.82) is 0 Å². The Morgan fingerprint density at radius 3 is 1.58 bits per heavy atom. The van der Waals surface area contributed by atoms with Gasteiger partial charge in [0.1, 0.15) is 0 Å². The highest BCUT2D eigenvalue weighted by molar-refractivity contribution is 7.25. The Kier molecular flexibility index (Phi) is 7.86. The van der Waals surface area contributed by atoms with Crippen LogP contribution in [0.5, 0.6) is 0 Å². The number of hydrogen-bond acceptors (Lipinski definition) is 1. The van der Waals surface area contributed by atoms with Gasteiger partial charge in [-0.2, -0.15) is 0 Å². The molecule has 9 aromatic carbocycles. The Morgan fingerprint density at radius 2 is 0.881 bits per heavy atom. The lowest BCUT2D eigenvalue weighted by Gasteiger charge is -2.11. The lowest BCUT2D eigenvalue weighted by molar-refractivity contribution is 0.796. The second-order valence-corrected chi connectivity index (χ2v) is 17.1. The first kappa shape index (κ1) is 34.1. The number of rotatable bonds is 7. The van der Waals surface area contributed by atoms with Gasteiger partial charge >= 0.3 is 0 Å². The van der Waals surface area contributed by atoms with Crippen molar-refractivity contribution in [2.24, 2.45) is 0 Å². The Labute approximate surface area is 346 Å². The lowest BCUT2D eigenvalue weighted by atomic mass is 10.0. The fourth-order valence-electron chi connectivity index (χ4n) is 9.53. The lowest BCUT2D eigenvalue weighted by Crippen LogP contribution is -1.94. The third-order valence-electron chi connectivity index (χ3n) is 12.5. The number of fused-ring (bicyclic) bond motifs is 10. The van der Waals surface area contributed by atoms with Gasteiger partial charge in [-0.15, -0.1) is 11.3 Å². The quantitative estimate of drug-likeness (QED) is 0.153. The minimum Gasteiger partial charge on any atom is -0.309 e. The largest absolute Gasteiger partial charge is 0.309 e. The summed E-state index contributed by atoms with van der Waals surface area (Å²) in [5.41, 5.74) is 13.6. The van der Waals surface area contributed by atoms with Gasteiger partial charge in [-0.3, -0.25) is 0 Å². The molecule has 2 nitrogen and oxygen atoms in total. The molecule has 12 rings (SSSR count). The molecule has 3 aromatic heterocycles. The van der Waals surface area contributed by atoms with Gasteiger partial charge in [-0.05, 0) is 130 Å². The zero-order chi connectivity index (χ0) is 39.0. The van der Waals surface area contributed by atoms with Crippen molar-refractivity contribution in [2.75, 3.05) is 0 Å². The molecule has 0 aliphatic carbocycles. The summed E-state index contributed by atoms with van der Waals surface area (Å²) >= 11 is 1.87. The van der Waals surface area contributed by atoms with Gasteiger partial charge in [-0.1, -0.05) is 123 Å². The second-order valence-electron chi connectivity index (χ2n) is 16.0. The van der Waals surface area contributed by atoms with E-state index in [2.05, 4.69) is 204 Å². The summed E-state index contributed by atoms with van der Waals surface area (Å²) in [6.07, 6.45) is 3.58. The third-order valence-corrected chi connectivity index (χ3v) is 13.6. The third kappa shape index (κ3) is 5.53. The van der Waals surface area contributed by atoms with Crippen LogP contribution in [-0.2, 0) is 6.42 Å². The minimum atomic E-state index is 1.14. The molecule has 0 amide bonds. The zero-order valence-corrected chi connectivity index (χ0v) is 33.6. The van der Waals surface area contributed by atoms with Gasteiger partial charge in [-0.25, -0.2) is 0 Å². The first-order valence-corrected chi connectivity index (χ1v) is 21.6. The summed E-state index contributed by atoms with van der Waals surface area (Å²) in [4.78, 5) is 0. The summed E-state index contributed by atoms with van der Waals surface area (Å²) in [7, 11) is 0. The summed E-state index contributed by atoms with van der Waals surface area (Å²) < 4.78 is 7.51. The van der Waals surface area contributed by atoms with E-state index in [4.69, 9.17) is 0 Å². The summed E-state index contributed by atoms with van der Waals surface area (Å²) in [5.74, 6) is 0. The van der Waals surface area contributed by atoms with Crippen LogP contribution in [0.2, 0.25) is 0 Å². The SMILES string of the molecule is CCCCc1ccc2cc(-n3c4ccccc4c4cc(-c5ccc6c(c5)c5ccccc5n6-c5ccc6sc7ccc(-c8ccccc8)cc7c6c5)ccc43)ccc2c1. The van der Waals surface area contributed by atoms with Gasteiger partial charge in [0.15, 0.2) is 0 Å². The average Bonchev–Trinajstić information content (AvgIpc) is 3.95. The molecule has 0 N–H and O–H groups in total. The number of hydrogen-bond donors (Lipinski definition) is 0. The normalized spacial score (nSPS) is 12.0. The summed E-state index contributed by atoms with van der Waals surface area (Å²) in [5, 5.41) is 10.2. The molecular formula is C56H40N2S. The van der Waals surface area contributed by atoms with E-state index in [0.29, 0.717) is 0 Å². The van der Waals surface area contributed by atoms with Crippen LogP contribution in [-0.4, -0.2) is 9.13 Å². The van der Waals surface area contributed by atoms with E-state index in [-0.39, 0.29) is 0 Å². The van der Waals surface area contributed by atoms with Crippen LogP contribution in [0.15, 0.2) is 188 Å². The Bertz CT molecular complexity index is 3600. The predicted molar refractivity (Wildman–Crippen MR) is 255 cm³/mol. The molecular weight excluding hydrogens is 733 g/mol. The molecule has 0 bridgehead atoms. The van der Waals surface area contributed by atoms with Crippen LogP contribution in [0.25, 0.3) is 108 Å². The predicted octanol–water partition coefficient (Wildman–Crippen LogP) is 16.1. The van der Waals surface area contributed by atoms with E-state index in [0.717, 1.165) is 6.42 Å². The summed E-state index contributed by atoms with van der Waals surface area (Å²) in [6.45, 7) is 2.26. The molecule has 0 fully saturated rings. The number of thiophene rings is 1. The fraction of sp³-hybridized carbons (Fsp3) is 0.0714. The van der Waals surface area contributed by atoms with Gasteiger partial charge < -0.3 is 9.13 Å². The van der Waals surface area contributed by atoms with Crippen LogP contribution < -0.4 is 0 Å². The van der Waals surface area contributed by atoms with Crippen molar-refractivity contribution in [3.05, 3.63) is 194 Å². The van der Waals surface area contributed by atoms with Crippen molar-refractivity contribution in [3.8, 4) is 33.6 Å². The van der Waals surface area contributed by atoms with Crippen molar-refractivity contribution < 1.29 is 0 Å². The molecule has 280 valence electrons. The molecule has 12 aromatic rings. The monoisotopic (exact) mass is 772 g/mol. The van der Waals surface area contributed by atoms with E-state index in [1.165, 1.54) is 127 Å². The van der Waals surface area contributed by atoms with Crippen molar-refractivity contribution >= 4 is 85.9 Å². The molecule has 0 spiro atoms. The topological polar surface area (TPSA) is 9.86 Å².